The maximum atomic E-state index is 12.1. The molecule has 2 rings (SSSR count). The van der Waals surface area contributed by atoms with Crippen LogP contribution < -0.4 is 5.32 Å². The lowest BCUT2D eigenvalue weighted by Gasteiger charge is -2.34. The minimum Gasteiger partial charge on any atom is -0.480 e. The van der Waals surface area contributed by atoms with Crippen molar-refractivity contribution < 1.29 is 14.7 Å². The molecule has 2 aliphatic rings. The summed E-state index contributed by atoms with van der Waals surface area (Å²) in [7, 11) is 2.05. The lowest BCUT2D eigenvalue weighted by molar-refractivity contribution is -0.138. The van der Waals surface area contributed by atoms with Gasteiger partial charge in [0.2, 0.25) is 0 Å². The predicted molar refractivity (Wildman–Crippen MR) is 70.1 cm³/mol. The highest BCUT2D eigenvalue weighted by Crippen LogP contribution is 2.08. The number of nitrogens with one attached hydrogen (secondary N) is 1. The molecule has 0 aliphatic carbocycles. The van der Waals surface area contributed by atoms with Crippen molar-refractivity contribution in [1.29, 1.82) is 0 Å². The molecule has 2 N–H and O–H groups in total. The molecule has 0 aromatic heterocycles. The van der Waals surface area contributed by atoms with Gasteiger partial charge in [-0.3, -0.25) is 9.69 Å². The number of piperazine rings is 1. The van der Waals surface area contributed by atoms with Crippen molar-refractivity contribution in [3.63, 3.8) is 0 Å². The quantitative estimate of drug-likeness (QED) is 0.695. The van der Waals surface area contributed by atoms with Crippen LogP contribution in [0.25, 0.3) is 0 Å². The molecule has 108 valence electrons. The van der Waals surface area contributed by atoms with E-state index in [1.165, 1.54) is 0 Å². The number of hydrogen-bond donors (Lipinski definition) is 2. The molecule has 0 aromatic carbocycles. The molecule has 0 bridgehead atoms. The van der Waals surface area contributed by atoms with Crippen LogP contribution in [-0.4, -0.2) is 90.7 Å². The number of nitrogens with zero attached hydrogens (tertiary/aromatic N) is 3. The van der Waals surface area contributed by atoms with Crippen molar-refractivity contribution in [3.05, 3.63) is 0 Å². The molecule has 0 spiro atoms. The van der Waals surface area contributed by atoms with E-state index >= 15 is 0 Å². The van der Waals surface area contributed by atoms with E-state index in [2.05, 4.69) is 17.3 Å². The number of hydrogen-bond acceptors (Lipinski definition) is 4. The number of likely N-dealkylation sites (tertiary alicyclic amines) is 1. The van der Waals surface area contributed by atoms with E-state index in [1.54, 1.807) is 4.90 Å². The molecule has 7 nitrogen and oxygen atoms in total. The summed E-state index contributed by atoms with van der Waals surface area (Å²) >= 11 is 0. The normalized spacial score (nSPS) is 25.5. The second-order valence-corrected chi connectivity index (χ2v) is 5.35. The smallest absolute Gasteiger partial charge is 0.317 e. The van der Waals surface area contributed by atoms with E-state index in [4.69, 9.17) is 5.11 Å². The Morgan fingerprint density at radius 3 is 2.42 bits per heavy atom. The van der Waals surface area contributed by atoms with Gasteiger partial charge in [-0.05, 0) is 20.0 Å². The van der Waals surface area contributed by atoms with Gasteiger partial charge in [0.15, 0.2) is 0 Å². The first kappa shape index (κ1) is 14.1. The van der Waals surface area contributed by atoms with Crippen LogP contribution in [0, 0.1) is 0 Å². The van der Waals surface area contributed by atoms with E-state index in [1.807, 2.05) is 4.90 Å². The topological polar surface area (TPSA) is 76.1 Å². The van der Waals surface area contributed by atoms with Gasteiger partial charge in [-0.1, -0.05) is 0 Å². The molecule has 0 saturated carbocycles. The summed E-state index contributed by atoms with van der Waals surface area (Å²) in [5.74, 6) is -0.813. The molecule has 1 unspecified atom stereocenters. The van der Waals surface area contributed by atoms with Crippen molar-refractivity contribution in [3.8, 4) is 0 Å². The van der Waals surface area contributed by atoms with Gasteiger partial charge in [0.25, 0.3) is 0 Å². The molecule has 0 radical (unpaired) electrons. The maximum Gasteiger partial charge on any atom is 0.317 e. The standard InChI is InChI=1S/C12H22N4O3/c1-14-3-2-10(8-14)13-12(19)16-6-4-15(5-7-16)9-11(17)18/h10H,2-9H2,1H3,(H,13,19)(H,17,18). The van der Waals surface area contributed by atoms with Crippen LogP contribution in [0.4, 0.5) is 4.79 Å². The molecule has 1 atom stereocenters. The molecule has 19 heavy (non-hydrogen) atoms. The molecular formula is C12H22N4O3. The van der Waals surface area contributed by atoms with Crippen LogP contribution in [0.2, 0.25) is 0 Å². The average Bonchev–Trinajstić information content (AvgIpc) is 2.75. The largest absolute Gasteiger partial charge is 0.480 e. The zero-order valence-corrected chi connectivity index (χ0v) is 11.3. The van der Waals surface area contributed by atoms with Gasteiger partial charge < -0.3 is 20.2 Å². The summed E-state index contributed by atoms with van der Waals surface area (Å²) in [6.45, 7) is 4.45. The van der Waals surface area contributed by atoms with Gasteiger partial charge in [0.05, 0.1) is 6.54 Å². The monoisotopic (exact) mass is 270 g/mol. The average molecular weight is 270 g/mol. The molecule has 7 heteroatoms. The van der Waals surface area contributed by atoms with Gasteiger partial charge in [0.1, 0.15) is 0 Å². The fourth-order valence-corrected chi connectivity index (χ4v) is 2.62. The fraction of sp³-hybridized carbons (Fsp3) is 0.833. The van der Waals surface area contributed by atoms with E-state index in [0.717, 1.165) is 19.5 Å². The van der Waals surface area contributed by atoms with Crippen molar-refractivity contribution in [1.82, 2.24) is 20.0 Å². The molecule has 2 fully saturated rings. The number of carbonyl (C=O) groups excluding carboxylic acids is 1. The summed E-state index contributed by atoms with van der Waals surface area (Å²) in [5.41, 5.74) is 0. The lowest BCUT2D eigenvalue weighted by atomic mass is 10.2. The summed E-state index contributed by atoms with van der Waals surface area (Å²) in [4.78, 5) is 28.5. The second-order valence-electron chi connectivity index (χ2n) is 5.35. The third-order valence-electron chi connectivity index (χ3n) is 3.74. The second kappa shape index (κ2) is 6.21. The zero-order chi connectivity index (χ0) is 13.8. The Kier molecular flexibility index (Phi) is 4.60. The first-order valence-electron chi connectivity index (χ1n) is 6.72. The highest BCUT2D eigenvalue weighted by atomic mass is 16.4. The number of rotatable bonds is 3. The van der Waals surface area contributed by atoms with E-state index in [9.17, 15) is 9.59 Å². The van der Waals surface area contributed by atoms with Crippen LogP contribution in [0.3, 0.4) is 0 Å². The van der Waals surface area contributed by atoms with Gasteiger partial charge in [-0.15, -0.1) is 0 Å². The van der Waals surface area contributed by atoms with Gasteiger partial charge in [0, 0.05) is 38.8 Å². The Balaban J connectivity index is 1.71. The van der Waals surface area contributed by atoms with Crippen molar-refractivity contribution in [2.45, 2.75) is 12.5 Å². The SMILES string of the molecule is CN1CCC(NC(=O)N2CCN(CC(=O)O)CC2)C1. The number of carboxylic acids is 1. The Morgan fingerprint density at radius 2 is 1.89 bits per heavy atom. The molecular weight excluding hydrogens is 248 g/mol. The highest BCUT2D eigenvalue weighted by Gasteiger charge is 2.26. The van der Waals surface area contributed by atoms with Crippen LogP contribution in [-0.2, 0) is 4.79 Å². The molecule has 2 saturated heterocycles. The van der Waals surface area contributed by atoms with Crippen molar-refractivity contribution in [2.24, 2.45) is 0 Å². The number of carbonyl (C=O) groups is 2. The number of urea groups is 1. The Bertz CT molecular complexity index is 342. The van der Waals surface area contributed by atoms with Crippen LogP contribution in [0.1, 0.15) is 6.42 Å². The summed E-state index contributed by atoms with van der Waals surface area (Å²) in [6.07, 6.45) is 1.00. The lowest BCUT2D eigenvalue weighted by Crippen LogP contribution is -2.54. The highest BCUT2D eigenvalue weighted by molar-refractivity contribution is 5.74. The van der Waals surface area contributed by atoms with Crippen LogP contribution in [0.5, 0.6) is 0 Å². The first-order valence-corrected chi connectivity index (χ1v) is 6.72. The molecule has 2 heterocycles. The number of carboxylic acid groups (broad SMARTS) is 1. The van der Waals surface area contributed by atoms with E-state index in [-0.39, 0.29) is 18.6 Å². The minimum atomic E-state index is -0.813. The van der Waals surface area contributed by atoms with Gasteiger partial charge >= 0.3 is 12.0 Å². The van der Waals surface area contributed by atoms with E-state index < -0.39 is 5.97 Å². The Labute approximate surface area is 113 Å². The third-order valence-corrected chi connectivity index (χ3v) is 3.74. The van der Waals surface area contributed by atoms with Gasteiger partial charge in [-0.25, -0.2) is 4.79 Å². The van der Waals surface area contributed by atoms with Crippen LogP contribution in [0.15, 0.2) is 0 Å². The van der Waals surface area contributed by atoms with Crippen molar-refractivity contribution >= 4 is 12.0 Å². The Morgan fingerprint density at radius 1 is 1.21 bits per heavy atom. The first-order chi connectivity index (χ1) is 9.04. The summed E-state index contributed by atoms with van der Waals surface area (Å²) in [6, 6.07) is 0.227. The molecule has 2 amide bonds. The predicted octanol–water partition coefficient (Wildman–Crippen LogP) is -0.898. The van der Waals surface area contributed by atoms with Crippen LogP contribution >= 0.6 is 0 Å². The van der Waals surface area contributed by atoms with Crippen molar-refractivity contribution in [2.75, 3.05) is 52.9 Å². The fourth-order valence-electron chi connectivity index (χ4n) is 2.62. The Hall–Kier alpha value is -1.34. The van der Waals surface area contributed by atoms with Gasteiger partial charge in [-0.2, -0.15) is 0 Å². The van der Waals surface area contributed by atoms with E-state index in [0.29, 0.717) is 26.2 Å². The maximum absolute atomic E-state index is 12.1. The molecule has 2 aliphatic heterocycles. The number of aliphatic carboxylic acids is 1. The summed E-state index contributed by atoms with van der Waals surface area (Å²) < 4.78 is 0. The minimum absolute atomic E-state index is 0.0183. The molecule has 0 aromatic rings. The zero-order valence-electron chi connectivity index (χ0n) is 11.3. The number of amides is 2. The third kappa shape index (κ3) is 4.07. The summed E-state index contributed by atoms with van der Waals surface area (Å²) in [5, 5.41) is 11.8. The number of likely N-dealkylation sites (N-methyl/N-ethyl adjacent to an activating group) is 1.